The van der Waals surface area contributed by atoms with E-state index < -0.39 is 5.82 Å². The van der Waals surface area contributed by atoms with E-state index in [-0.39, 0.29) is 11.7 Å². The average Bonchev–Trinajstić information content (AvgIpc) is 3.42. The van der Waals surface area contributed by atoms with Crippen molar-refractivity contribution in [2.24, 2.45) is 0 Å². The first-order valence-corrected chi connectivity index (χ1v) is 9.21. The van der Waals surface area contributed by atoms with Crippen LogP contribution in [-0.2, 0) is 0 Å². The van der Waals surface area contributed by atoms with Gasteiger partial charge in [0.1, 0.15) is 28.9 Å². The van der Waals surface area contributed by atoms with Crippen LogP contribution >= 0.6 is 0 Å². The predicted octanol–water partition coefficient (Wildman–Crippen LogP) is 4.08. The van der Waals surface area contributed by atoms with E-state index in [0.717, 1.165) is 5.39 Å². The number of hydrogen-bond acceptors (Lipinski definition) is 8. The van der Waals surface area contributed by atoms with Crippen LogP contribution in [0.3, 0.4) is 0 Å². The van der Waals surface area contributed by atoms with Gasteiger partial charge in [-0.1, -0.05) is 0 Å². The fourth-order valence-electron chi connectivity index (χ4n) is 3.01. The Labute approximate surface area is 174 Å². The number of nitrogen functional groups attached to an aromatic ring is 1. The lowest BCUT2D eigenvalue weighted by Crippen LogP contribution is -2.04. The smallest absolute Gasteiger partial charge is 0.223 e. The lowest BCUT2D eigenvalue weighted by atomic mass is 10.2. The van der Waals surface area contributed by atoms with Gasteiger partial charge in [0, 0.05) is 36.3 Å². The summed E-state index contributed by atoms with van der Waals surface area (Å²) in [7, 11) is 0. The highest BCUT2D eigenvalue weighted by atomic mass is 19.1. The first kappa shape index (κ1) is 18.4. The molecule has 1 aromatic carbocycles. The molecule has 0 aliphatic heterocycles. The van der Waals surface area contributed by atoms with E-state index in [1.54, 1.807) is 42.9 Å². The van der Waals surface area contributed by atoms with Crippen LogP contribution in [0.4, 0.5) is 33.5 Å². The molecule has 0 bridgehead atoms. The normalized spacial score (nSPS) is 10.9. The zero-order chi connectivity index (χ0) is 21.2. The van der Waals surface area contributed by atoms with E-state index in [0.29, 0.717) is 34.5 Å². The Morgan fingerprint density at radius 2 is 1.81 bits per heavy atom. The molecule has 0 fully saturated rings. The number of nitrogens with zero attached hydrogens (tertiary/aromatic N) is 4. The number of hydrogen-bond donors (Lipinski definition) is 5. The van der Waals surface area contributed by atoms with Crippen molar-refractivity contribution in [1.82, 2.24) is 30.1 Å². The fraction of sp³-hybridized carbons (Fsp3) is 0. The maximum Gasteiger partial charge on any atom is 0.223 e. The van der Waals surface area contributed by atoms with Gasteiger partial charge in [0.25, 0.3) is 0 Å². The molecular formula is C20H16FN9O. The third kappa shape index (κ3) is 3.92. The second-order valence-corrected chi connectivity index (χ2v) is 6.51. The van der Waals surface area contributed by atoms with Crippen LogP contribution in [-0.4, -0.2) is 30.1 Å². The zero-order valence-corrected chi connectivity index (χ0v) is 15.9. The fourth-order valence-corrected chi connectivity index (χ4v) is 3.01. The summed E-state index contributed by atoms with van der Waals surface area (Å²) in [5.74, 6) is 1.60. The Hall–Kier alpha value is -4.67. The average molecular weight is 417 g/mol. The Morgan fingerprint density at radius 3 is 2.61 bits per heavy atom. The van der Waals surface area contributed by atoms with Gasteiger partial charge in [0.2, 0.25) is 5.95 Å². The number of nitrogens with two attached hydrogens (primary N) is 1. The number of benzene rings is 1. The predicted molar refractivity (Wildman–Crippen MR) is 114 cm³/mol. The van der Waals surface area contributed by atoms with Gasteiger partial charge in [-0.2, -0.15) is 15.1 Å². The molecule has 0 amide bonds. The number of pyridine rings is 1. The van der Waals surface area contributed by atoms with Crippen molar-refractivity contribution < 1.29 is 9.13 Å². The minimum Gasteiger partial charge on any atom is -0.453 e. The summed E-state index contributed by atoms with van der Waals surface area (Å²) in [6, 6.07) is 11.4. The molecule has 0 spiro atoms. The first-order chi connectivity index (χ1) is 15.1. The molecule has 31 heavy (non-hydrogen) atoms. The largest absolute Gasteiger partial charge is 0.453 e. The molecule has 0 unspecified atom stereocenters. The number of ether oxygens (including phenoxy) is 1. The van der Waals surface area contributed by atoms with E-state index in [9.17, 15) is 4.39 Å². The Balaban J connectivity index is 1.35. The SMILES string of the molecule is Nc1nc(Nc2ccc(Oc3ccnc4[nH]ccc34)c(F)c2)cc(Nc2ccn[nH]2)n1. The van der Waals surface area contributed by atoms with E-state index in [1.807, 2.05) is 6.07 Å². The van der Waals surface area contributed by atoms with E-state index in [2.05, 4.69) is 40.8 Å². The lowest BCUT2D eigenvalue weighted by molar-refractivity contribution is 0.446. The van der Waals surface area contributed by atoms with Gasteiger partial charge in [-0.3, -0.25) is 5.10 Å². The van der Waals surface area contributed by atoms with Gasteiger partial charge < -0.3 is 26.1 Å². The Kier molecular flexibility index (Phi) is 4.52. The highest BCUT2D eigenvalue weighted by molar-refractivity contribution is 5.82. The number of nitrogens with one attached hydrogen (secondary N) is 4. The molecule has 0 atom stereocenters. The topological polar surface area (TPSA) is 142 Å². The molecule has 10 nitrogen and oxygen atoms in total. The molecular weight excluding hydrogens is 401 g/mol. The van der Waals surface area contributed by atoms with Crippen LogP contribution in [0.15, 0.2) is 61.1 Å². The highest BCUT2D eigenvalue weighted by Crippen LogP contribution is 2.31. The molecule has 5 aromatic rings. The summed E-state index contributed by atoms with van der Waals surface area (Å²) in [6.45, 7) is 0. The number of aromatic amines is 2. The summed E-state index contributed by atoms with van der Waals surface area (Å²) in [6.07, 6.45) is 4.94. The quantitative estimate of drug-likeness (QED) is 0.278. The molecule has 0 aliphatic carbocycles. The number of rotatable bonds is 6. The molecule has 6 N–H and O–H groups in total. The molecule has 0 saturated carbocycles. The number of fused-ring (bicyclic) bond motifs is 1. The summed E-state index contributed by atoms with van der Waals surface area (Å²) in [4.78, 5) is 15.4. The van der Waals surface area contributed by atoms with Crippen molar-refractivity contribution in [2.75, 3.05) is 16.4 Å². The van der Waals surface area contributed by atoms with Crippen LogP contribution in [0.1, 0.15) is 0 Å². The van der Waals surface area contributed by atoms with Gasteiger partial charge in [-0.05, 0) is 24.3 Å². The van der Waals surface area contributed by atoms with Gasteiger partial charge in [0.05, 0.1) is 11.6 Å². The molecule has 0 saturated heterocycles. The summed E-state index contributed by atoms with van der Waals surface area (Å²) >= 11 is 0. The standard InChI is InChI=1S/C20H16FN9O/c21-13-9-11(1-2-15(13)31-14-4-7-24-19-12(14)3-6-23-19)26-17-10-18(29-20(22)28-17)27-16-5-8-25-30-16/h1-10H,(H,23,24)(H5,22,25,26,27,28,29,30). The van der Waals surface area contributed by atoms with Crippen molar-refractivity contribution in [3.8, 4) is 11.5 Å². The summed E-state index contributed by atoms with van der Waals surface area (Å²) in [5.41, 5.74) is 6.92. The number of anilines is 5. The van der Waals surface area contributed by atoms with Crippen LogP contribution in [0.25, 0.3) is 11.0 Å². The van der Waals surface area contributed by atoms with E-state index >= 15 is 0 Å². The van der Waals surface area contributed by atoms with Crippen molar-refractivity contribution in [1.29, 1.82) is 0 Å². The second kappa shape index (κ2) is 7.63. The first-order valence-electron chi connectivity index (χ1n) is 9.21. The lowest BCUT2D eigenvalue weighted by Gasteiger charge is -2.11. The molecule has 4 heterocycles. The molecule has 5 rings (SSSR count). The van der Waals surface area contributed by atoms with Gasteiger partial charge in [-0.25, -0.2) is 9.37 Å². The van der Waals surface area contributed by atoms with Crippen molar-refractivity contribution in [3.05, 3.63) is 66.9 Å². The van der Waals surface area contributed by atoms with Gasteiger partial charge in [-0.15, -0.1) is 0 Å². The number of H-pyrrole nitrogens is 2. The highest BCUT2D eigenvalue weighted by Gasteiger charge is 2.11. The van der Waals surface area contributed by atoms with Crippen LogP contribution in [0, 0.1) is 5.82 Å². The van der Waals surface area contributed by atoms with Crippen LogP contribution in [0.2, 0.25) is 0 Å². The minimum atomic E-state index is -0.539. The van der Waals surface area contributed by atoms with Crippen LogP contribution in [0.5, 0.6) is 11.5 Å². The minimum absolute atomic E-state index is 0.0562. The van der Waals surface area contributed by atoms with E-state index in [1.165, 1.54) is 12.1 Å². The van der Waals surface area contributed by atoms with Crippen molar-refractivity contribution in [3.63, 3.8) is 0 Å². The zero-order valence-electron chi connectivity index (χ0n) is 15.9. The maximum atomic E-state index is 14.7. The third-order valence-electron chi connectivity index (χ3n) is 4.35. The maximum absolute atomic E-state index is 14.7. The molecule has 0 aliphatic rings. The van der Waals surface area contributed by atoms with Gasteiger partial charge in [0.15, 0.2) is 11.6 Å². The third-order valence-corrected chi connectivity index (χ3v) is 4.35. The summed E-state index contributed by atoms with van der Waals surface area (Å²) in [5, 5.41) is 13.4. The number of halogens is 1. The van der Waals surface area contributed by atoms with Crippen LogP contribution < -0.4 is 21.1 Å². The van der Waals surface area contributed by atoms with Gasteiger partial charge >= 0.3 is 0 Å². The molecule has 154 valence electrons. The van der Waals surface area contributed by atoms with Crippen molar-refractivity contribution in [2.45, 2.75) is 0 Å². The van der Waals surface area contributed by atoms with E-state index in [4.69, 9.17) is 10.5 Å². The molecule has 11 heteroatoms. The van der Waals surface area contributed by atoms with Crippen molar-refractivity contribution >= 4 is 40.1 Å². The Bertz CT molecular complexity index is 1350. The molecule has 0 radical (unpaired) electrons. The summed E-state index contributed by atoms with van der Waals surface area (Å²) < 4.78 is 20.5. The number of aromatic nitrogens is 6. The Morgan fingerprint density at radius 1 is 0.935 bits per heavy atom. The molecule has 4 aromatic heterocycles. The second-order valence-electron chi connectivity index (χ2n) is 6.51. The monoisotopic (exact) mass is 417 g/mol.